The van der Waals surface area contributed by atoms with E-state index in [0.717, 1.165) is 0 Å². The maximum atomic E-state index is 11.8. The molecule has 1 rings (SSSR count). The van der Waals surface area contributed by atoms with Crippen LogP contribution in [0.1, 0.15) is 25.0 Å². The van der Waals surface area contributed by atoms with Crippen LogP contribution in [-0.4, -0.2) is 38.9 Å². The summed E-state index contributed by atoms with van der Waals surface area (Å²) in [4.78, 5) is 0.245. The minimum absolute atomic E-state index is 0.0464. The Balaban J connectivity index is 3.05. The highest BCUT2D eigenvalue weighted by Crippen LogP contribution is 2.22. The third kappa shape index (κ3) is 4.01. The Hall–Kier alpha value is -0.950. The molecule has 108 valence electrons. The molecule has 0 amide bonds. The molecule has 0 heterocycles. The standard InChI is InChI=1S/C13H22N2O3S/c1-3-19(17,18)11-6-4-5-10(9-11)13(16)12(15-2)7-8-14/h4-6,9,12-13,15-16H,3,7-8,14H2,1-2H3. The second kappa shape index (κ2) is 7.00. The zero-order valence-electron chi connectivity index (χ0n) is 11.3. The first-order valence-corrected chi connectivity index (χ1v) is 7.99. The molecule has 0 aliphatic heterocycles. The Morgan fingerprint density at radius 3 is 2.63 bits per heavy atom. The highest BCUT2D eigenvalue weighted by atomic mass is 32.2. The molecule has 0 saturated carbocycles. The summed E-state index contributed by atoms with van der Waals surface area (Å²) in [5, 5.41) is 13.3. The molecule has 1 aromatic carbocycles. The van der Waals surface area contributed by atoms with Crippen LogP contribution in [0.25, 0.3) is 0 Å². The minimum atomic E-state index is -3.26. The number of hydrogen-bond donors (Lipinski definition) is 3. The third-order valence-electron chi connectivity index (χ3n) is 3.17. The molecule has 19 heavy (non-hydrogen) atoms. The number of benzene rings is 1. The zero-order chi connectivity index (χ0) is 14.5. The summed E-state index contributed by atoms with van der Waals surface area (Å²) in [6, 6.07) is 6.26. The lowest BCUT2D eigenvalue weighted by Gasteiger charge is -2.22. The fourth-order valence-electron chi connectivity index (χ4n) is 1.93. The monoisotopic (exact) mass is 286 g/mol. The van der Waals surface area contributed by atoms with Crippen molar-refractivity contribution in [2.45, 2.75) is 30.4 Å². The lowest BCUT2D eigenvalue weighted by molar-refractivity contribution is 0.128. The average molecular weight is 286 g/mol. The van der Waals surface area contributed by atoms with Gasteiger partial charge < -0.3 is 16.2 Å². The predicted octanol–water partition coefficient (Wildman–Crippen LogP) is 0.450. The summed E-state index contributed by atoms with van der Waals surface area (Å²) in [6.07, 6.45) is -0.164. The van der Waals surface area contributed by atoms with Crippen LogP contribution in [0.15, 0.2) is 29.2 Å². The molecule has 0 fully saturated rings. The van der Waals surface area contributed by atoms with Gasteiger partial charge in [0, 0.05) is 6.04 Å². The van der Waals surface area contributed by atoms with E-state index in [1.165, 1.54) is 6.07 Å². The first-order valence-electron chi connectivity index (χ1n) is 6.34. The van der Waals surface area contributed by atoms with Crippen LogP contribution in [-0.2, 0) is 9.84 Å². The Morgan fingerprint density at radius 2 is 2.11 bits per heavy atom. The van der Waals surface area contributed by atoms with Crippen LogP contribution in [0.3, 0.4) is 0 Å². The quantitative estimate of drug-likeness (QED) is 0.677. The normalized spacial score (nSPS) is 15.2. The van der Waals surface area contributed by atoms with Crippen molar-refractivity contribution in [3.63, 3.8) is 0 Å². The summed E-state index contributed by atoms with van der Waals surface area (Å²) in [7, 11) is -1.51. The van der Waals surface area contributed by atoms with Crippen molar-refractivity contribution in [1.82, 2.24) is 5.32 Å². The van der Waals surface area contributed by atoms with Gasteiger partial charge in [-0.05, 0) is 37.7 Å². The number of aliphatic hydroxyl groups excluding tert-OH is 1. The van der Waals surface area contributed by atoms with E-state index in [2.05, 4.69) is 5.32 Å². The molecule has 4 N–H and O–H groups in total. The molecule has 0 aliphatic rings. The van der Waals surface area contributed by atoms with Gasteiger partial charge in [-0.3, -0.25) is 0 Å². The van der Waals surface area contributed by atoms with E-state index in [1.807, 2.05) is 0 Å². The lowest BCUT2D eigenvalue weighted by Crippen LogP contribution is -2.34. The first kappa shape index (κ1) is 16.1. The highest BCUT2D eigenvalue weighted by molar-refractivity contribution is 7.91. The fraction of sp³-hybridized carbons (Fsp3) is 0.538. The van der Waals surface area contributed by atoms with E-state index in [-0.39, 0.29) is 16.7 Å². The molecule has 0 aromatic heterocycles. The van der Waals surface area contributed by atoms with Crippen LogP contribution < -0.4 is 11.1 Å². The van der Waals surface area contributed by atoms with Crippen molar-refractivity contribution in [3.8, 4) is 0 Å². The van der Waals surface area contributed by atoms with E-state index < -0.39 is 15.9 Å². The molecular formula is C13H22N2O3S. The van der Waals surface area contributed by atoms with E-state index in [9.17, 15) is 13.5 Å². The van der Waals surface area contributed by atoms with Gasteiger partial charge in [0.05, 0.1) is 16.8 Å². The first-order chi connectivity index (χ1) is 8.96. The number of sulfone groups is 1. The van der Waals surface area contributed by atoms with E-state index in [0.29, 0.717) is 18.5 Å². The Labute approximate surface area is 114 Å². The Kier molecular flexibility index (Phi) is 5.93. The molecule has 1 aromatic rings. The molecule has 0 radical (unpaired) electrons. The SMILES string of the molecule is CCS(=O)(=O)c1cccc(C(O)C(CCN)NC)c1. The summed E-state index contributed by atoms with van der Waals surface area (Å²) >= 11 is 0. The van der Waals surface area contributed by atoms with Gasteiger partial charge in [0.15, 0.2) is 9.84 Å². The Bertz CT molecular complexity index is 502. The van der Waals surface area contributed by atoms with Gasteiger partial charge in [0.1, 0.15) is 0 Å². The van der Waals surface area contributed by atoms with Crippen molar-refractivity contribution >= 4 is 9.84 Å². The average Bonchev–Trinajstić information content (AvgIpc) is 2.44. The van der Waals surface area contributed by atoms with Crippen LogP contribution in [0, 0.1) is 0 Å². The van der Waals surface area contributed by atoms with Crippen molar-refractivity contribution in [2.24, 2.45) is 5.73 Å². The largest absolute Gasteiger partial charge is 0.387 e. The number of hydrogen-bond acceptors (Lipinski definition) is 5. The molecule has 2 atom stereocenters. The fourth-order valence-corrected chi connectivity index (χ4v) is 2.87. The van der Waals surface area contributed by atoms with Gasteiger partial charge in [-0.15, -0.1) is 0 Å². The summed E-state index contributed by atoms with van der Waals surface area (Å²) in [5.74, 6) is 0.0464. The van der Waals surface area contributed by atoms with Gasteiger partial charge >= 0.3 is 0 Å². The van der Waals surface area contributed by atoms with Gasteiger partial charge in [0.25, 0.3) is 0 Å². The van der Waals surface area contributed by atoms with E-state index >= 15 is 0 Å². The van der Waals surface area contributed by atoms with Crippen molar-refractivity contribution in [1.29, 1.82) is 0 Å². The van der Waals surface area contributed by atoms with Gasteiger partial charge in [0.2, 0.25) is 0 Å². The van der Waals surface area contributed by atoms with Crippen molar-refractivity contribution in [2.75, 3.05) is 19.3 Å². The second-order valence-corrected chi connectivity index (χ2v) is 6.67. The van der Waals surface area contributed by atoms with Gasteiger partial charge in [-0.2, -0.15) is 0 Å². The summed E-state index contributed by atoms with van der Waals surface area (Å²) in [5.41, 5.74) is 6.08. The van der Waals surface area contributed by atoms with E-state index in [4.69, 9.17) is 5.73 Å². The van der Waals surface area contributed by atoms with Crippen LogP contribution in [0.5, 0.6) is 0 Å². The van der Waals surface area contributed by atoms with E-state index in [1.54, 1.807) is 32.2 Å². The number of rotatable bonds is 7. The number of nitrogens with one attached hydrogen (secondary N) is 1. The van der Waals surface area contributed by atoms with Crippen LogP contribution >= 0.6 is 0 Å². The summed E-state index contributed by atoms with van der Waals surface area (Å²) < 4.78 is 23.6. The third-order valence-corrected chi connectivity index (χ3v) is 4.90. The van der Waals surface area contributed by atoms with Gasteiger partial charge in [-0.1, -0.05) is 19.1 Å². The molecular weight excluding hydrogens is 264 g/mol. The smallest absolute Gasteiger partial charge is 0.178 e. The maximum absolute atomic E-state index is 11.8. The topological polar surface area (TPSA) is 92.4 Å². The molecule has 2 unspecified atom stereocenters. The van der Waals surface area contributed by atoms with Crippen LogP contribution in [0.4, 0.5) is 0 Å². The Morgan fingerprint density at radius 1 is 1.42 bits per heavy atom. The maximum Gasteiger partial charge on any atom is 0.178 e. The molecule has 0 bridgehead atoms. The molecule has 6 heteroatoms. The van der Waals surface area contributed by atoms with Gasteiger partial charge in [-0.25, -0.2) is 8.42 Å². The molecule has 0 aliphatic carbocycles. The summed E-state index contributed by atoms with van der Waals surface area (Å²) in [6.45, 7) is 2.05. The minimum Gasteiger partial charge on any atom is -0.387 e. The number of nitrogens with two attached hydrogens (primary N) is 1. The van der Waals surface area contributed by atoms with Crippen LogP contribution in [0.2, 0.25) is 0 Å². The lowest BCUT2D eigenvalue weighted by atomic mass is 10.00. The molecule has 0 saturated heterocycles. The zero-order valence-corrected chi connectivity index (χ0v) is 12.2. The second-order valence-electron chi connectivity index (χ2n) is 4.39. The van der Waals surface area contributed by atoms with Crippen molar-refractivity contribution < 1.29 is 13.5 Å². The van der Waals surface area contributed by atoms with Crippen molar-refractivity contribution in [3.05, 3.63) is 29.8 Å². The molecule has 0 spiro atoms. The number of likely N-dealkylation sites (N-methyl/N-ethyl adjacent to an activating group) is 1. The highest BCUT2D eigenvalue weighted by Gasteiger charge is 2.20. The number of aliphatic hydroxyl groups is 1. The predicted molar refractivity (Wildman–Crippen MR) is 75.6 cm³/mol. The molecule has 5 nitrogen and oxygen atoms in total.